The van der Waals surface area contributed by atoms with Crippen LogP contribution in [-0.2, 0) is 22.4 Å². The molecular formula is C40H52N4O5. The van der Waals surface area contributed by atoms with Gasteiger partial charge < -0.3 is 30.7 Å². The molecule has 0 aromatic heterocycles. The number of aliphatic hydroxyl groups is 1. The van der Waals surface area contributed by atoms with Crippen molar-refractivity contribution in [1.82, 2.24) is 20.9 Å². The zero-order valence-electron chi connectivity index (χ0n) is 28.9. The SMILES string of the molecule is Cc1cccc(C)c1OCC(=O)N[C@@H](Cc1ccccc1)[C@@H](O)C[C@H](Cc1ccccc1)NC(=O)[C@H](CC1CCCC1)N1CCCNC1=O. The monoisotopic (exact) mass is 668 g/mol. The second kappa shape index (κ2) is 17.9. The molecule has 1 heterocycles. The van der Waals surface area contributed by atoms with Crippen LogP contribution < -0.4 is 20.7 Å². The molecule has 1 aliphatic carbocycles. The van der Waals surface area contributed by atoms with Gasteiger partial charge in [-0.2, -0.15) is 0 Å². The molecule has 9 heteroatoms. The number of amides is 4. The zero-order chi connectivity index (χ0) is 34.6. The number of carbonyl (C=O) groups excluding carboxylic acids is 3. The first kappa shape index (κ1) is 35.9. The minimum absolute atomic E-state index is 0.186. The van der Waals surface area contributed by atoms with Crippen molar-refractivity contribution in [2.45, 2.75) is 95.9 Å². The Hall–Kier alpha value is -4.37. The highest BCUT2D eigenvalue weighted by Gasteiger charge is 2.36. The molecule has 4 N–H and O–H groups in total. The van der Waals surface area contributed by atoms with Crippen molar-refractivity contribution in [2.75, 3.05) is 19.7 Å². The van der Waals surface area contributed by atoms with Crippen LogP contribution in [0, 0.1) is 19.8 Å². The zero-order valence-corrected chi connectivity index (χ0v) is 28.9. The number of carbonyl (C=O) groups is 3. The maximum Gasteiger partial charge on any atom is 0.318 e. The summed E-state index contributed by atoms with van der Waals surface area (Å²) >= 11 is 0. The van der Waals surface area contributed by atoms with Crippen LogP contribution in [-0.4, -0.2) is 71.8 Å². The standard InChI is InChI=1S/C40H52N4O5/c1-28-13-11-14-29(2)38(28)49-27-37(46)43-34(24-31-17-7-4-8-18-31)36(45)26-33(23-30-15-5-3-6-16-30)42-39(47)35(25-32-19-9-10-20-32)44-22-12-21-41-40(44)48/h3-8,11,13-18,32-36,45H,9-10,12,19-27H2,1-2H3,(H,41,48)(H,42,47)(H,43,46)/t33-,34-,35-,36-/m0/s1. The van der Waals surface area contributed by atoms with Gasteiger partial charge in [0.25, 0.3) is 5.91 Å². The third kappa shape index (κ3) is 10.6. The lowest BCUT2D eigenvalue weighted by molar-refractivity contribution is -0.128. The van der Waals surface area contributed by atoms with Gasteiger partial charge in [0.2, 0.25) is 5.91 Å². The lowest BCUT2D eigenvalue weighted by atomic mass is 9.92. The fourth-order valence-electron chi connectivity index (χ4n) is 7.29. The molecule has 9 nitrogen and oxygen atoms in total. The molecule has 2 aliphatic rings. The van der Waals surface area contributed by atoms with E-state index in [9.17, 15) is 19.5 Å². The molecule has 49 heavy (non-hydrogen) atoms. The smallest absolute Gasteiger partial charge is 0.318 e. The minimum Gasteiger partial charge on any atom is -0.483 e. The summed E-state index contributed by atoms with van der Waals surface area (Å²) in [6, 6.07) is 23.6. The highest BCUT2D eigenvalue weighted by atomic mass is 16.5. The van der Waals surface area contributed by atoms with Gasteiger partial charge in [-0.05, 0) is 74.1 Å². The first-order valence-electron chi connectivity index (χ1n) is 17.9. The Bertz CT molecular complexity index is 1490. The van der Waals surface area contributed by atoms with Crippen LogP contribution in [0.3, 0.4) is 0 Å². The Labute approximate surface area is 290 Å². The average molecular weight is 669 g/mol. The maximum atomic E-state index is 14.2. The van der Waals surface area contributed by atoms with Gasteiger partial charge in [-0.1, -0.05) is 105 Å². The van der Waals surface area contributed by atoms with Gasteiger partial charge in [0, 0.05) is 19.1 Å². The molecule has 0 radical (unpaired) electrons. The molecule has 2 fully saturated rings. The van der Waals surface area contributed by atoms with Crippen LogP contribution >= 0.6 is 0 Å². The molecule has 5 rings (SSSR count). The largest absolute Gasteiger partial charge is 0.483 e. The van der Waals surface area contributed by atoms with E-state index in [1.54, 1.807) is 4.90 Å². The van der Waals surface area contributed by atoms with Crippen molar-refractivity contribution in [3.63, 3.8) is 0 Å². The van der Waals surface area contributed by atoms with E-state index < -0.39 is 24.2 Å². The summed E-state index contributed by atoms with van der Waals surface area (Å²) in [6.07, 6.45) is 5.99. The van der Waals surface area contributed by atoms with Crippen LogP contribution in [0.2, 0.25) is 0 Å². The highest BCUT2D eigenvalue weighted by Crippen LogP contribution is 2.30. The first-order valence-corrected chi connectivity index (χ1v) is 17.9. The van der Waals surface area contributed by atoms with Crippen molar-refractivity contribution >= 4 is 17.8 Å². The molecule has 0 unspecified atom stereocenters. The number of hydrogen-bond donors (Lipinski definition) is 4. The molecule has 4 atom stereocenters. The number of aliphatic hydroxyl groups excluding tert-OH is 1. The van der Waals surface area contributed by atoms with Crippen LogP contribution in [0.4, 0.5) is 4.79 Å². The van der Waals surface area contributed by atoms with E-state index in [0.717, 1.165) is 54.4 Å². The Morgan fingerprint density at radius 1 is 0.878 bits per heavy atom. The number of para-hydroxylation sites is 1. The lowest BCUT2D eigenvalue weighted by Crippen LogP contribution is -2.58. The van der Waals surface area contributed by atoms with Gasteiger partial charge in [0.15, 0.2) is 6.61 Å². The van der Waals surface area contributed by atoms with Crippen molar-refractivity contribution in [1.29, 1.82) is 0 Å². The Kier molecular flexibility index (Phi) is 13.1. The summed E-state index contributed by atoms with van der Waals surface area (Å²) in [7, 11) is 0. The Morgan fingerprint density at radius 2 is 1.51 bits per heavy atom. The van der Waals surface area contributed by atoms with E-state index in [0.29, 0.717) is 44.0 Å². The Balaban J connectivity index is 1.33. The molecule has 3 aromatic rings. The summed E-state index contributed by atoms with van der Waals surface area (Å²) in [5.41, 5.74) is 3.88. The Morgan fingerprint density at radius 3 is 2.14 bits per heavy atom. The number of urea groups is 1. The fraction of sp³-hybridized carbons (Fsp3) is 0.475. The predicted molar refractivity (Wildman–Crippen MR) is 191 cm³/mol. The van der Waals surface area contributed by atoms with Crippen molar-refractivity contribution in [3.05, 3.63) is 101 Å². The van der Waals surface area contributed by atoms with Crippen molar-refractivity contribution in [2.24, 2.45) is 5.92 Å². The summed E-state index contributed by atoms with van der Waals surface area (Å²) in [5, 5.41) is 21.0. The molecule has 3 aromatic carbocycles. The molecule has 0 bridgehead atoms. The molecule has 1 aliphatic heterocycles. The number of nitrogens with one attached hydrogen (secondary N) is 3. The van der Waals surface area contributed by atoms with Gasteiger partial charge in [-0.25, -0.2) is 4.79 Å². The normalized spacial score (nSPS) is 17.4. The number of aryl methyl sites for hydroxylation is 2. The summed E-state index contributed by atoms with van der Waals surface area (Å²) in [4.78, 5) is 42.1. The van der Waals surface area contributed by atoms with Gasteiger partial charge in [0.05, 0.1) is 12.1 Å². The third-order valence-corrected chi connectivity index (χ3v) is 9.89. The minimum atomic E-state index is -0.982. The van der Waals surface area contributed by atoms with Crippen LogP contribution in [0.25, 0.3) is 0 Å². The quantitative estimate of drug-likeness (QED) is 0.166. The third-order valence-electron chi connectivity index (χ3n) is 9.89. The number of benzene rings is 3. The average Bonchev–Trinajstić information content (AvgIpc) is 3.61. The predicted octanol–water partition coefficient (Wildman–Crippen LogP) is 5.25. The topological polar surface area (TPSA) is 120 Å². The summed E-state index contributed by atoms with van der Waals surface area (Å²) in [6.45, 7) is 4.85. The van der Waals surface area contributed by atoms with Crippen LogP contribution in [0.1, 0.15) is 67.2 Å². The van der Waals surface area contributed by atoms with E-state index in [-0.39, 0.29) is 30.9 Å². The molecule has 262 valence electrons. The van der Waals surface area contributed by atoms with Crippen LogP contribution in [0.15, 0.2) is 78.9 Å². The summed E-state index contributed by atoms with van der Waals surface area (Å²) < 4.78 is 5.93. The lowest BCUT2D eigenvalue weighted by Gasteiger charge is -2.36. The van der Waals surface area contributed by atoms with Gasteiger partial charge in [-0.15, -0.1) is 0 Å². The molecule has 1 saturated heterocycles. The second-order valence-electron chi connectivity index (χ2n) is 13.8. The second-order valence-corrected chi connectivity index (χ2v) is 13.8. The molecular weight excluding hydrogens is 616 g/mol. The fourth-order valence-corrected chi connectivity index (χ4v) is 7.29. The number of nitrogens with zero attached hydrogens (tertiary/aromatic N) is 1. The van der Waals surface area contributed by atoms with Gasteiger partial charge in [0.1, 0.15) is 11.8 Å². The first-order chi connectivity index (χ1) is 23.8. The molecule has 1 saturated carbocycles. The van der Waals surface area contributed by atoms with Crippen LogP contribution in [0.5, 0.6) is 5.75 Å². The highest BCUT2D eigenvalue weighted by molar-refractivity contribution is 5.87. The van der Waals surface area contributed by atoms with E-state index in [1.807, 2.05) is 92.7 Å². The van der Waals surface area contributed by atoms with Gasteiger partial charge in [-0.3, -0.25) is 9.59 Å². The van der Waals surface area contributed by atoms with E-state index >= 15 is 0 Å². The van der Waals surface area contributed by atoms with Crippen molar-refractivity contribution in [3.8, 4) is 5.75 Å². The van der Waals surface area contributed by atoms with Crippen molar-refractivity contribution < 1.29 is 24.2 Å². The number of rotatable bonds is 16. The molecule has 0 spiro atoms. The molecule has 4 amide bonds. The van der Waals surface area contributed by atoms with Gasteiger partial charge >= 0.3 is 6.03 Å². The number of hydrogen-bond acceptors (Lipinski definition) is 5. The van der Waals surface area contributed by atoms with E-state index in [4.69, 9.17) is 4.74 Å². The van der Waals surface area contributed by atoms with E-state index in [1.165, 1.54) is 0 Å². The summed E-state index contributed by atoms with van der Waals surface area (Å²) in [5.74, 6) is 0.555. The number of ether oxygens (including phenoxy) is 1. The van der Waals surface area contributed by atoms with E-state index in [2.05, 4.69) is 16.0 Å². The maximum absolute atomic E-state index is 14.2.